The summed E-state index contributed by atoms with van der Waals surface area (Å²) >= 11 is 0. The topological polar surface area (TPSA) is 20.3 Å². The van der Waals surface area contributed by atoms with Gasteiger partial charge in [0.1, 0.15) is 0 Å². The van der Waals surface area contributed by atoms with Crippen molar-refractivity contribution in [2.75, 3.05) is 13.1 Å². The smallest absolute Gasteiger partial charge is 0.248 e. The van der Waals surface area contributed by atoms with Crippen molar-refractivity contribution in [3.63, 3.8) is 0 Å². The van der Waals surface area contributed by atoms with E-state index in [9.17, 15) is 4.79 Å². The van der Waals surface area contributed by atoms with Gasteiger partial charge in [0, 0.05) is 24.1 Å². The highest BCUT2D eigenvalue weighted by Gasteiger charge is 2.41. The lowest BCUT2D eigenvalue weighted by molar-refractivity contribution is -0.139. The van der Waals surface area contributed by atoms with E-state index in [2.05, 4.69) is 20.4 Å². The fourth-order valence-electron chi connectivity index (χ4n) is 1.87. The number of carbonyl (C=O) groups is 1. The molecule has 1 fully saturated rings. The zero-order chi connectivity index (χ0) is 10.1. The first-order valence-electron chi connectivity index (χ1n) is 4.99. The third-order valence-corrected chi connectivity index (χ3v) is 3.20. The van der Waals surface area contributed by atoms with E-state index in [1.54, 1.807) is 6.92 Å². The molecule has 1 saturated heterocycles. The number of rotatable bonds is 3. The minimum Gasteiger partial charge on any atom is -0.338 e. The Kier molecular flexibility index (Phi) is 2.79. The number of hydrogen-bond donors (Lipinski definition) is 0. The second kappa shape index (κ2) is 3.52. The first-order chi connectivity index (χ1) is 6.04. The molecule has 0 radical (unpaired) electrons. The summed E-state index contributed by atoms with van der Waals surface area (Å²) in [7, 11) is 0. The normalized spacial score (nSPS) is 19.5. The van der Waals surface area contributed by atoms with Gasteiger partial charge in [0.2, 0.25) is 5.91 Å². The fourth-order valence-corrected chi connectivity index (χ4v) is 1.87. The van der Waals surface area contributed by atoms with Crippen LogP contribution in [-0.4, -0.2) is 23.9 Å². The largest absolute Gasteiger partial charge is 0.338 e. The predicted molar refractivity (Wildman–Crippen MR) is 54.4 cm³/mol. The van der Waals surface area contributed by atoms with E-state index in [0.29, 0.717) is 11.0 Å². The lowest BCUT2D eigenvalue weighted by atomic mass is 9.75. The van der Waals surface area contributed by atoms with Gasteiger partial charge in [-0.25, -0.2) is 0 Å². The summed E-state index contributed by atoms with van der Waals surface area (Å²) in [6, 6.07) is 0. The molecule has 74 valence electrons. The van der Waals surface area contributed by atoms with Crippen LogP contribution in [0.4, 0.5) is 0 Å². The molecule has 0 spiro atoms. The van der Waals surface area contributed by atoms with Crippen molar-refractivity contribution in [3.8, 4) is 0 Å². The summed E-state index contributed by atoms with van der Waals surface area (Å²) in [4.78, 5) is 13.4. The summed E-state index contributed by atoms with van der Waals surface area (Å²) in [6.07, 6.45) is 2.34. The molecule has 0 unspecified atom stereocenters. The van der Waals surface area contributed by atoms with Crippen LogP contribution >= 0.6 is 0 Å². The Hall–Kier alpha value is -0.790. The van der Waals surface area contributed by atoms with E-state index >= 15 is 0 Å². The van der Waals surface area contributed by atoms with Crippen LogP contribution in [0.25, 0.3) is 0 Å². The molecular weight excluding hydrogens is 162 g/mol. The zero-order valence-electron chi connectivity index (χ0n) is 8.89. The van der Waals surface area contributed by atoms with Crippen molar-refractivity contribution < 1.29 is 4.79 Å². The Bertz CT molecular complexity index is 220. The highest BCUT2D eigenvalue weighted by Crippen LogP contribution is 2.37. The van der Waals surface area contributed by atoms with Crippen LogP contribution in [0.15, 0.2) is 12.2 Å². The molecule has 2 nitrogen and oxygen atoms in total. The van der Waals surface area contributed by atoms with E-state index in [4.69, 9.17) is 0 Å². The van der Waals surface area contributed by atoms with Gasteiger partial charge < -0.3 is 4.90 Å². The molecule has 0 bridgehead atoms. The molecule has 0 atom stereocenters. The SMILES string of the molecule is C=C(C)C(=O)N1CC(CC)(CC)C1. The maximum atomic E-state index is 11.5. The molecule has 1 aliphatic rings. The van der Waals surface area contributed by atoms with E-state index in [1.165, 1.54) is 12.8 Å². The molecule has 2 heteroatoms. The quantitative estimate of drug-likeness (QED) is 0.611. The van der Waals surface area contributed by atoms with Gasteiger partial charge in [0.15, 0.2) is 0 Å². The van der Waals surface area contributed by atoms with Gasteiger partial charge in [-0.05, 0) is 19.8 Å². The van der Waals surface area contributed by atoms with Crippen molar-refractivity contribution in [1.82, 2.24) is 4.90 Å². The molecule has 0 aliphatic carbocycles. The van der Waals surface area contributed by atoms with Crippen LogP contribution in [0.5, 0.6) is 0 Å². The maximum Gasteiger partial charge on any atom is 0.248 e. The van der Waals surface area contributed by atoms with Gasteiger partial charge >= 0.3 is 0 Å². The van der Waals surface area contributed by atoms with E-state index in [-0.39, 0.29) is 5.91 Å². The van der Waals surface area contributed by atoms with Crippen LogP contribution in [0.1, 0.15) is 33.6 Å². The molecule has 0 saturated carbocycles. The summed E-state index contributed by atoms with van der Waals surface area (Å²) in [5.41, 5.74) is 1.06. The Balaban J connectivity index is 2.49. The Labute approximate surface area is 80.6 Å². The summed E-state index contributed by atoms with van der Waals surface area (Å²) in [5.74, 6) is 0.123. The maximum absolute atomic E-state index is 11.5. The molecule has 13 heavy (non-hydrogen) atoms. The van der Waals surface area contributed by atoms with Crippen molar-refractivity contribution in [2.45, 2.75) is 33.6 Å². The number of hydrogen-bond acceptors (Lipinski definition) is 1. The van der Waals surface area contributed by atoms with Gasteiger partial charge in [-0.15, -0.1) is 0 Å². The van der Waals surface area contributed by atoms with Gasteiger partial charge in [-0.3, -0.25) is 4.79 Å². The van der Waals surface area contributed by atoms with Crippen LogP contribution < -0.4 is 0 Å². The lowest BCUT2D eigenvalue weighted by Gasteiger charge is -2.49. The average molecular weight is 181 g/mol. The van der Waals surface area contributed by atoms with E-state index < -0.39 is 0 Å². The Morgan fingerprint density at radius 1 is 1.38 bits per heavy atom. The number of nitrogens with zero attached hydrogens (tertiary/aromatic N) is 1. The number of likely N-dealkylation sites (tertiary alicyclic amines) is 1. The highest BCUT2D eigenvalue weighted by molar-refractivity contribution is 5.92. The summed E-state index contributed by atoms with van der Waals surface area (Å²) < 4.78 is 0. The first kappa shape index (κ1) is 10.3. The van der Waals surface area contributed by atoms with Gasteiger partial charge in [-0.1, -0.05) is 20.4 Å². The van der Waals surface area contributed by atoms with Crippen molar-refractivity contribution in [2.24, 2.45) is 5.41 Å². The Morgan fingerprint density at radius 3 is 2.15 bits per heavy atom. The van der Waals surface area contributed by atoms with Gasteiger partial charge in [-0.2, -0.15) is 0 Å². The second-order valence-corrected chi connectivity index (χ2v) is 4.15. The molecule has 1 aliphatic heterocycles. The molecule has 1 rings (SSSR count). The van der Waals surface area contributed by atoms with Crippen LogP contribution in [0.2, 0.25) is 0 Å². The second-order valence-electron chi connectivity index (χ2n) is 4.15. The molecule has 0 aromatic heterocycles. The van der Waals surface area contributed by atoms with Gasteiger partial charge in [0.25, 0.3) is 0 Å². The van der Waals surface area contributed by atoms with Crippen LogP contribution in [0.3, 0.4) is 0 Å². The number of amides is 1. The van der Waals surface area contributed by atoms with E-state index in [0.717, 1.165) is 13.1 Å². The molecule has 1 amide bonds. The molecule has 0 aromatic carbocycles. The first-order valence-corrected chi connectivity index (χ1v) is 4.99. The van der Waals surface area contributed by atoms with Crippen molar-refractivity contribution in [1.29, 1.82) is 0 Å². The summed E-state index contributed by atoms with van der Waals surface area (Å²) in [5, 5.41) is 0. The van der Waals surface area contributed by atoms with E-state index in [1.807, 2.05) is 4.90 Å². The molecular formula is C11H19NO. The summed E-state index contributed by atoms with van der Waals surface area (Å²) in [6.45, 7) is 11.7. The highest BCUT2D eigenvalue weighted by atomic mass is 16.2. The molecule has 0 aromatic rings. The van der Waals surface area contributed by atoms with Crippen LogP contribution in [0, 0.1) is 5.41 Å². The standard InChI is InChI=1S/C11H19NO/c1-5-11(6-2)7-12(8-11)10(13)9(3)4/h3,5-8H2,1-2,4H3. The van der Waals surface area contributed by atoms with Crippen LogP contribution in [-0.2, 0) is 4.79 Å². The van der Waals surface area contributed by atoms with Crippen molar-refractivity contribution >= 4 is 5.91 Å². The van der Waals surface area contributed by atoms with Crippen molar-refractivity contribution in [3.05, 3.63) is 12.2 Å². The lowest BCUT2D eigenvalue weighted by Crippen LogP contribution is -2.58. The third-order valence-electron chi connectivity index (χ3n) is 3.20. The monoisotopic (exact) mass is 181 g/mol. The molecule has 1 heterocycles. The van der Waals surface area contributed by atoms with Gasteiger partial charge in [0.05, 0.1) is 0 Å². The third kappa shape index (κ3) is 1.77. The average Bonchev–Trinajstić information content (AvgIpc) is 2.04. The minimum atomic E-state index is 0.123. The Morgan fingerprint density at radius 2 is 1.85 bits per heavy atom. The minimum absolute atomic E-state index is 0.123. The predicted octanol–water partition coefficient (Wildman–Crippen LogP) is 2.21. The fraction of sp³-hybridized carbons (Fsp3) is 0.727. The molecule has 0 N–H and O–H groups in total. The number of carbonyl (C=O) groups excluding carboxylic acids is 1. The zero-order valence-corrected chi connectivity index (χ0v) is 8.89.